The van der Waals surface area contributed by atoms with Crippen molar-refractivity contribution >= 4 is 5.97 Å². The first kappa shape index (κ1) is 10.3. The minimum absolute atomic E-state index is 0.234. The Balaban J connectivity index is 2.48. The van der Waals surface area contributed by atoms with E-state index >= 15 is 0 Å². The van der Waals surface area contributed by atoms with Gasteiger partial charge in [0, 0.05) is 12.6 Å². The first-order chi connectivity index (χ1) is 7.66. The Morgan fingerprint density at radius 2 is 2.25 bits per heavy atom. The highest BCUT2D eigenvalue weighted by Gasteiger charge is 2.10. The van der Waals surface area contributed by atoms with E-state index in [2.05, 4.69) is 15.1 Å². The van der Waals surface area contributed by atoms with Gasteiger partial charge in [0.05, 0.1) is 0 Å². The molecule has 2 rings (SSSR count). The molecule has 0 fully saturated rings. The standard InChI is InChI=1S/C10H10N4O2/c1-7-3-4-9(14-6-11-5-12-14)10(13-7)16-8(2)15/h3-6H,1-2H3. The van der Waals surface area contributed by atoms with Gasteiger partial charge in [-0.3, -0.25) is 4.79 Å². The molecule has 0 aromatic carbocycles. The van der Waals surface area contributed by atoms with Gasteiger partial charge >= 0.3 is 5.97 Å². The van der Waals surface area contributed by atoms with Gasteiger partial charge in [0.2, 0.25) is 5.88 Å². The molecule has 0 N–H and O–H groups in total. The largest absolute Gasteiger partial charge is 0.405 e. The Bertz CT molecular complexity index is 508. The van der Waals surface area contributed by atoms with Gasteiger partial charge in [-0.25, -0.2) is 14.6 Å². The van der Waals surface area contributed by atoms with E-state index in [9.17, 15) is 4.79 Å². The van der Waals surface area contributed by atoms with Crippen LogP contribution < -0.4 is 4.74 Å². The second kappa shape index (κ2) is 4.09. The van der Waals surface area contributed by atoms with E-state index in [1.165, 1.54) is 24.3 Å². The van der Waals surface area contributed by atoms with Crippen molar-refractivity contribution in [3.05, 3.63) is 30.5 Å². The number of aromatic nitrogens is 4. The van der Waals surface area contributed by atoms with Crippen LogP contribution in [0.25, 0.3) is 5.69 Å². The van der Waals surface area contributed by atoms with Gasteiger partial charge in [-0.2, -0.15) is 5.10 Å². The van der Waals surface area contributed by atoms with Gasteiger partial charge < -0.3 is 4.74 Å². The highest BCUT2D eigenvalue weighted by molar-refractivity contribution is 5.70. The lowest BCUT2D eigenvalue weighted by molar-refractivity contribution is -0.132. The molecule has 0 atom stereocenters. The molecule has 0 aliphatic heterocycles. The maximum absolute atomic E-state index is 10.9. The van der Waals surface area contributed by atoms with Crippen LogP contribution in [-0.2, 0) is 4.79 Å². The van der Waals surface area contributed by atoms with E-state index in [1.807, 2.05) is 13.0 Å². The highest BCUT2D eigenvalue weighted by atomic mass is 16.5. The predicted octanol–water partition coefficient (Wildman–Crippen LogP) is 0.896. The number of hydrogen-bond acceptors (Lipinski definition) is 5. The molecule has 0 aliphatic rings. The molecule has 82 valence electrons. The normalized spacial score (nSPS) is 10.1. The van der Waals surface area contributed by atoms with Gasteiger partial charge in [-0.15, -0.1) is 0 Å². The molecule has 6 heteroatoms. The molecule has 0 amide bonds. The summed E-state index contributed by atoms with van der Waals surface area (Å²) in [6.45, 7) is 3.15. The Morgan fingerprint density at radius 1 is 1.44 bits per heavy atom. The van der Waals surface area contributed by atoms with Crippen molar-refractivity contribution in [1.82, 2.24) is 19.7 Å². The number of carbonyl (C=O) groups is 1. The van der Waals surface area contributed by atoms with E-state index in [0.717, 1.165) is 5.69 Å². The van der Waals surface area contributed by atoms with Crippen molar-refractivity contribution < 1.29 is 9.53 Å². The summed E-state index contributed by atoms with van der Waals surface area (Å²) in [4.78, 5) is 18.9. The molecule has 2 aromatic rings. The van der Waals surface area contributed by atoms with E-state index in [-0.39, 0.29) is 5.88 Å². The van der Waals surface area contributed by atoms with Crippen molar-refractivity contribution in [1.29, 1.82) is 0 Å². The van der Waals surface area contributed by atoms with E-state index in [4.69, 9.17) is 4.74 Å². The van der Waals surface area contributed by atoms with Gasteiger partial charge in [0.25, 0.3) is 0 Å². The zero-order valence-corrected chi connectivity index (χ0v) is 8.91. The second-order valence-corrected chi connectivity index (χ2v) is 3.21. The van der Waals surface area contributed by atoms with Crippen LogP contribution in [0, 0.1) is 6.92 Å². The minimum Gasteiger partial charge on any atom is -0.405 e. The fraction of sp³-hybridized carbons (Fsp3) is 0.200. The number of hydrogen-bond donors (Lipinski definition) is 0. The molecule has 0 aliphatic carbocycles. The molecule has 0 saturated heterocycles. The summed E-state index contributed by atoms with van der Waals surface area (Å²) >= 11 is 0. The lowest BCUT2D eigenvalue weighted by Crippen LogP contribution is -2.08. The summed E-state index contributed by atoms with van der Waals surface area (Å²) in [7, 11) is 0. The van der Waals surface area contributed by atoms with Crippen molar-refractivity contribution in [2.45, 2.75) is 13.8 Å². The lowest BCUT2D eigenvalue weighted by Gasteiger charge is -2.07. The maximum Gasteiger partial charge on any atom is 0.309 e. The van der Waals surface area contributed by atoms with Crippen LogP contribution in [0.4, 0.5) is 0 Å². The molecule has 6 nitrogen and oxygen atoms in total. The van der Waals surface area contributed by atoms with Crippen LogP contribution >= 0.6 is 0 Å². The molecule has 0 saturated carbocycles. The van der Waals surface area contributed by atoms with E-state index in [1.54, 1.807) is 6.07 Å². The zero-order chi connectivity index (χ0) is 11.5. The summed E-state index contributed by atoms with van der Waals surface area (Å²) < 4.78 is 6.50. The molecule has 0 bridgehead atoms. The van der Waals surface area contributed by atoms with Crippen molar-refractivity contribution in [2.75, 3.05) is 0 Å². The Kier molecular flexibility index (Phi) is 2.63. The molecule has 2 aromatic heterocycles. The summed E-state index contributed by atoms with van der Waals surface area (Å²) in [6, 6.07) is 3.58. The number of aryl methyl sites for hydroxylation is 1. The second-order valence-electron chi connectivity index (χ2n) is 3.21. The number of carbonyl (C=O) groups excluding carboxylic acids is 1. The smallest absolute Gasteiger partial charge is 0.309 e. The molecule has 0 radical (unpaired) electrons. The first-order valence-electron chi connectivity index (χ1n) is 4.68. The number of pyridine rings is 1. The molecular formula is C10H10N4O2. The minimum atomic E-state index is -0.417. The molecular weight excluding hydrogens is 208 g/mol. The highest BCUT2D eigenvalue weighted by Crippen LogP contribution is 2.19. The molecule has 16 heavy (non-hydrogen) atoms. The Hall–Kier alpha value is -2.24. The summed E-state index contributed by atoms with van der Waals surface area (Å²) in [5.41, 5.74) is 1.35. The van der Waals surface area contributed by atoms with Gasteiger partial charge in [0.1, 0.15) is 18.3 Å². The molecule has 0 spiro atoms. The summed E-state index contributed by atoms with van der Waals surface area (Å²) in [5, 5.41) is 3.96. The van der Waals surface area contributed by atoms with Crippen molar-refractivity contribution in [2.24, 2.45) is 0 Å². The third-order valence-corrected chi connectivity index (χ3v) is 1.89. The average Bonchev–Trinajstić information content (AvgIpc) is 2.69. The van der Waals surface area contributed by atoms with E-state index < -0.39 is 5.97 Å². The fourth-order valence-electron chi connectivity index (χ4n) is 1.24. The Morgan fingerprint density at radius 3 is 2.88 bits per heavy atom. The quantitative estimate of drug-likeness (QED) is 0.700. The average molecular weight is 218 g/mol. The van der Waals surface area contributed by atoms with Crippen LogP contribution in [0.3, 0.4) is 0 Å². The number of rotatable bonds is 2. The van der Waals surface area contributed by atoms with Crippen LogP contribution in [0.5, 0.6) is 5.88 Å². The first-order valence-corrected chi connectivity index (χ1v) is 4.68. The third kappa shape index (κ3) is 2.05. The Labute approximate surface area is 91.9 Å². The molecule has 0 unspecified atom stereocenters. The van der Waals surface area contributed by atoms with Crippen LogP contribution in [0.1, 0.15) is 12.6 Å². The summed E-state index contributed by atoms with van der Waals surface area (Å²) in [5.74, 6) is -0.183. The van der Waals surface area contributed by atoms with Gasteiger partial charge in [0.15, 0.2) is 0 Å². The SMILES string of the molecule is CC(=O)Oc1nc(C)ccc1-n1cncn1. The summed E-state index contributed by atoms with van der Waals surface area (Å²) in [6.07, 6.45) is 2.91. The zero-order valence-electron chi connectivity index (χ0n) is 8.91. The number of esters is 1. The topological polar surface area (TPSA) is 69.9 Å². The van der Waals surface area contributed by atoms with Crippen LogP contribution in [0.2, 0.25) is 0 Å². The number of nitrogens with zero attached hydrogens (tertiary/aromatic N) is 4. The van der Waals surface area contributed by atoms with E-state index in [0.29, 0.717) is 5.69 Å². The lowest BCUT2D eigenvalue weighted by atomic mass is 10.3. The maximum atomic E-state index is 10.9. The van der Waals surface area contributed by atoms with Gasteiger partial charge in [-0.1, -0.05) is 0 Å². The van der Waals surface area contributed by atoms with Crippen molar-refractivity contribution in [3.63, 3.8) is 0 Å². The number of ether oxygens (including phenoxy) is 1. The fourth-order valence-corrected chi connectivity index (χ4v) is 1.24. The monoisotopic (exact) mass is 218 g/mol. The van der Waals surface area contributed by atoms with Crippen molar-refractivity contribution in [3.8, 4) is 11.6 Å². The predicted molar refractivity (Wildman–Crippen MR) is 55.2 cm³/mol. The van der Waals surface area contributed by atoms with Crippen LogP contribution in [-0.4, -0.2) is 25.7 Å². The molecule has 2 heterocycles. The van der Waals surface area contributed by atoms with Gasteiger partial charge in [-0.05, 0) is 19.1 Å². The third-order valence-electron chi connectivity index (χ3n) is 1.89. The van der Waals surface area contributed by atoms with Crippen LogP contribution in [0.15, 0.2) is 24.8 Å².